The minimum absolute atomic E-state index is 0.0550. The van der Waals surface area contributed by atoms with Crippen molar-refractivity contribution in [2.45, 2.75) is 25.2 Å². The van der Waals surface area contributed by atoms with Gasteiger partial charge in [-0.2, -0.15) is 0 Å². The summed E-state index contributed by atoms with van der Waals surface area (Å²) in [5.74, 6) is 0.620. The average molecular weight is 472 g/mol. The van der Waals surface area contributed by atoms with Gasteiger partial charge in [-0.1, -0.05) is 103 Å². The first kappa shape index (κ1) is 23.8. The molecule has 1 aromatic heterocycles. The summed E-state index contributed by atoms with van der Waals surface area (Å²) in [6, 6.07) is 30.5. The van der Waals surface area contributed by atoms with Gasteiger partial charge in [0.25, 0.3) is 0 Å². The maximum absolute atomic E-state index is 12.1. The van der Waals surface area contributed by atoms with E-state index in [1.54, 1.807) is 11.8 Å². The second-order valence-electron chi connectivity index (χ2n) is 7.74. The van der Waals surface area contributed by atoms with Gasteiger partial charge in [-0.25, -0.2) is 4.98 Å². The summed E-state index contributed by atoms with van der Waals surface area (Å²) < 4.78 is 7.77. The van der Waals surface area contributed by atoms with E-state index in [4.69, 9.17) is 9.72 Å². The van der Waals surface area contributed by atoms with Gasteiger partial charge >= 0.3 is 0 Å². The van der Waals surface area contributed by atoms with Crippen molar-refractivity contribution in [3.8, 4) is 22.5 Å². The van der Waals surface area contributed by atoms with Crippen molar-refractivity contribution in [2.24, 2.45) is 0 Å². The fourth-order valence-electron chi connectivity index (χ4n) is 3.74. The van der Waals surface area contributed by atoms with E-state index in [0.29, 0.717) is 13.2 Å². The van der Waals surface area contributed by atoms with Crippen LogP contribution in [0.2, 0.25) is 0 Å². The predicted octanol–water partition coefficient (Wildman–Crippen LogP) is 5.66. The van der Waals surface area contributed by atoms with Gasteiger partial charge < -0.3 is 14.6 Å². The van der Waals surface area contributed by atoms with Gasteiger partial charge in [0.05, 0.1) is 18.0 Å². The lowest BCUT2D eigenvalue weighted by atomic mass is 10.0. The Hall–Kier alpha value is -3.35. The fourth-order valence-corrected chi connectivity index (χ4v) is 4.66. The van der Waals surface area contributed by atoms with E-state index in [9.17, 15) is 4.79 Å². The number of aromatic nitrogens is 2. The van der Waals surface area contributed by atoms with Crippen molar-refractivity contribution >= 4 is 17.7 Å². The molecule has 0 spiro atoms. The third-order valence-electron chi connectivity index (χ3n) is 5.34. The monoisotopic (exact) mass is 471 g/mol. The molecule has 0 aliphatic heterocycles. The summed E-state index contributed by atoms with van der Waals surface area (Å²) in [6.07, 6.45) is 0. The number of nitrogens with zero attached hydrogens (tertiary/aromatic N) is 2. The van der Waals surface area contributed by atoms with Crippen molar-refractivity contribution < 1.29 is 9.53 Å². The largest absolute Gasteiger partial charge is 0.367 e. The summed E-state index contributed by atoms with van der Waals surface area (Å²) in [6.45, 7) is 3.99. The van der Waals surface area contributed by atoms with Crippen molar-refractivity contribution in [1.82, 2.24) is 14.9 Å². The van der Waals surface area contributed by atoms with Crippen molar-refractivity contribution in [3.63, 3.8) is 0 Å². The molecule has 1 N–H and O–H groups in total. The lowest BCUT2D eigenvalue weighted by Gasteiger charge is -2.11. The lowest BCUT2D eigenvalue weighted by Crippen LogP contribution is -2.29. The SMILES string of the molecule is CCn1c(SCCNC(=O)COCc2ccccc2)nc(-c2ccccc2)c1-c1ccccc1. The number of carbonyl (C=O) groups excluding carboxylic acids is 1. The molecule has 0 fully saturated rings. The van der Waals surface area contributed by atoms with Crippen LogP contribution in [0, 0.1) is 0 Å². The molecule has 4 rings (SSSR count). The van der Waals surface area contributed by atoms with E-state index >= 15 is 0 Å². The molecule has 0 unspecified atom stereocenters. The average Bonchev–Trinajstić information content (AvgIpc) is 3.27. The number of ether oxygens (including phenoxy) is 1. The zero-order chi connectivity index (χ0) is 23.6. The predicted molar refractivity (Wildman–Crippen MR) is 139 cm³/mol. The van der Waals surface area contributed by atoms with E-state index in [0.717, 1.165) is 45.5 Å². The van der Waals surface area contributed by atoms with Crippen LogP contribution in [-0.4, -0.2) is 34.4 Å². The topological polar surface area (TPSA) is 56.2 Å². The number of amides is 1. The molecule has 0 aliphatic rings. The molecule has 0 saturated heterocycles. The molecule has 3 aromatic carbocycles. The van der Waals surface area contributed by atoms with Crippen LogP contribution in [0.5, 0.6) is 0 Å². The third kappa shape index (κ3) is 6.16. The quantitative estimate of drug-likeness (QED) is 0.226. The maximum atomic E-state index is 12.1. The highest BCUT2D eigenvalue weighted by Crippen LogP contribution is 2.35. The molecule has 174 valence electrons. The number of hydrogen-bond acceptors (Lipinski definition) is 4. The molecule has 1 amide bonds. The van der Waals surface area contributed by atoms with E-state index in [1.165, 1.54) is 0 Å². The second kappa shape index (κ2) is 12.2. The van der Waals surface area contributed by atoms with Crippen LogP contribution >= 0.6 is 11.8 Å². The fraction of sp³-hybridized carbons (Fsp3) is 0.214. The summed E-state index contributed by atoms with van der Waals surface area (Å²) >= 11 is 1.65. The highest BCUT2D eigenvalue weighted by atomic mass is 32.2. The second-order valence-corrected chi connectivity index (χ2v) is 8.81. The summed E-state index contributed by atoms with van der Waals surface area (Å²) in [4.78, 5) is 17.1. The zero-order valence-corrected chi connectivity index (χ0v) is 20.1. The Labute approximate surface area is 205 Å². The van der Waals surface area contributed by atoms with Crippen LogP contribution in [0.4, 0.5) is 0 Å². The highest BCUT2D eigenvalue weighted by Gasteiger charge is 2.19. The van der Waals surface area contributed by atoms with E-state index in [-0.39, 0.29) is 12.5 Å². The van der Waals surface area contributed by atoms with Crippen LogP contribution in [0.3, 0.4) is 0 Å². The number of benzene rings is 3. The Morgan fingerprint density at radius 1 is 0.912 bits per heavy atom. The molecule has 6 heteroatoms. The van der Waals surface area contributed by atoms with Crippen LogP contribution in [0.15, 0.2) is 96.2 Å². The molecule has 0 saturated carbocycles. The zero-order valence-electron chi connectivity index (χ0n) is 19.3. The van der Waals surface area contributed by atoms with Gasteiger partial charge in [-0.05, 0) is 12.5 Å². The van der Waals surface area contributed by atoms with Gasteiger partial charge in [0.1, 0.15) is 6.61 Å². The van der Waals surface area contributed by atoms with Gasteiger partial charge in [0.15, 0.2) is 5.16 Å². The number of rotatable bonds is 11. The standard InChI is InChI=1S/C28H29N3O2S/c1-2-31-27(24-16-10-5-11-17-24)26(23-14-8-4-9-15-23)30-28(31)34-19-18-29-25(32)21-33-20-22-12-6-3-7-13-22/h3-17H,2,18-21H2,1H3,(H,29,32). The Morgan fingerprint density at radius 2 is 1.53 bits per heavy atom. The first-order chi connectivity index (χ1) is 16.8. The molecule has 0 radical (unpaired) electrons. The Bertz CT molecular complexity index is 1180. The minimum atomic E-state index is -0.106. The third-order valence-corrected chi connectivity index (χ3v) is 6.32. The van der Waals surface area contributed by atoms with Crippen LogP contribution in [0.1, 0.15) is 12.5 Å². The first-order valence-electron chi connectivity index (χ1n) is 11.5. The molecule has 0 atom stereocenters. The number of imidazole rings is 1. The Morgan fingerprint density at radius 3 is 2.18 bits per heavy atom. The number of nitrogens with one attached hydrogen (secondary N) is 1. The van der Waals surface area contributed by atoms with Gasteiger partial charge in [0, 0.05) is 30.0 Å². The van der Waals surface area contributed by atoms with Crippen molar-refractivity contribution in [2.75, 3.05) is 18.9 Å². The summed E-state index contributed by atoms with van der Waals surface area (Å²) in [5.41, 5.74) is 5.40. The van der Waals surface area contributed by atoms with Crippen LogP contribution in [-0.2, 0) is 22.7 Å². The molecule has 4 aromatic rings. The van der Waals surface area contributed by atoms with E-state index in [1.807, 2.05) is 54.6 Å². The van der Waals surface area contributed by atoms with Gasteiger partial charge in [-0.15, -0.1) is 0 Å². The first-order valence-corrected chi connectivity index (χ1v) is 12.5. The smallest absolute Gasteiger partial charge is 0.246 e. The van der Waals surface area contributed by atoms with Crippen molar-refractivity contribution in [1.29, 1.82) is 0 Å². The Balaban J connectivity index is 1.38. The molecule has 1 heterocycles. The summed E-state index contributed by atoms with van der Waals surface area (Å²) in [5, 5.41) is 3.89. The number of carbonyl (C=O) groups is 1. The van der Waals surface area contributed by atoms with Gasteiger partial charge in [0.2, 0.25) is 5.91 Å². The molecule has 34 heavy (non-hydrogen) atoms. The maximum Gasteiger partial charge on any atom is 0.246 e. The minimum Gasteiger partial charge on any atom is -0.367 e. The highest BCUT2D eigenvalue weighted by molar-refractivity contribution is 7.99. The molecule has 0 bridgehead atoms. The van der Waals surface area contributed by atoms with Crippen molar-refractivity contribution in [3.05, 3.63) is 96.6 Å². The molecular formula is C28H29N3O2S. The van der Waals surface area contributed by atoms with Gasteiger partial charge in [-0.3, -0.25) is 4.79 Å². The molecule has 0 aliphatic carbocycles. The lowest BCUT2D eigenvalue weighted by molar-refractivity contribution is -0.125. The normalized spacial score (nSPS) is 10.9. The van der Waals surface area contributed by atoms with Crippen LogP contribution < -0.4 is 5.32 Å². The number of thioether (sulfide) groups is 1. The molecular weight excluding hydrogens is 442 g/mol. The summed E-state index contributed by atoms with van der Waals surface area (Å²) in [7, 11) is 0. The molecule has 5 nitrogen and oxygen atoms in total. The number of hydrogen-bond donors (Lipinski definition) is 1. The van der Waals surface area contributed by atoms with E-state index < -0.39 is 0 Å². The van der Waals surface area contributed by atoms with Crippen LogP contribution in [0.25, 0.3) is 22.5 Å². The van der Waals surface area contributed by atoms with E-state index in [2.05, 4.69) is 53.2 Å². The Kier molecular flexibility index (Phi) is 8.54.